The minimum atomic E-state index is -1.01. The highest BCUT2D eigenvalue weighted by molar-refractivity contribution is 5.96. The smallest absolute Gasteiger partial charge is 0.323 e. The average molecular weight is 248 g/mol. The number of amides is 1. The highest BCUT2D eigenvalue weighted by Crippen LogP contribution is 2.23. The van der Waals surface area contributed by atoms with Gasteiger partial charge in [0.15, 0.2) is 0 Å². The molecule has 0 bridgehead atoms. The zero-order chi connectivity index (χ0) is 13.1. The number of carbonyl (C=O) groups is 2. The number of carbonyl (C=O) groups excluding carboxylic acids is 1. The number of hydrogen-bond donors (Lipinski definition) is 2. The first kappa shape index (κ1) is 12.4. The predicted molar refractivity (Wildman–Crippen MR) is 67.8 cm³/mol. The van der Waals surface area contributed by atoms with Crippen LogP contribution in [0.15, 0.2) is 18.2 Å². The van der Waals surface area contributed by atoms with Crippen molar-refractivity contribution in [3.8, 4) is 0 Å². The van der Waals surface area contributed by atoms with Gasteiger partial charge in [-0.05, 0) is 36.6 Å². The molecule has 0 atom stereocenters. The fourth-order valence-electron chi connectivity index (χ4n) is 2.10. The van der Waals surface area contributed by atoms with Crippen LogP contribution in [-0.4, -0.2) is 42.0 Å². The van der Waals surface area contributed by atoms with Gasteiger partial charge in [0.1, 0.15) is 6.54 Å². The van der Waals surface area contributed by atoms with Gasteiger partial charge < -0.3 is 15.3 Å². The molecule has 0 fully saturated rings. The molecule has 0 radical (unpaired) electrons. The van der Waals surface area contributed by atoms with Crippen molar-refractivity contribution < 1.29 is 14.7 Å². The number of hydrogen-bond acceptors (Lipinski definition) is 3. The molecule has 5 heteroatoms. The van der Waals surface area contributed by atoms with E-state index >= 15 is 0 Å². The standard InChI is InChI=1S/C13H16N2O3/c1-15(8-12(16)17)13(18)10-4-5-11-9(7-10)3-2-6-14-11/h4-5,7,14H,2-3,6,8H2,1H3,(H,16,17). The summed E-state index contributed by atoms with van der Waals surface area (Å²) in [7, 11) is 1.49. The Morgan fingerprint density at radius 1 is 1.44 bits per heavy atom. The van der Waals surface area contributed by atoms with Crippen molar-refractivity contribution in [3.63, 3.8) is 0 Å². The van der Waals surface area contributed by atoms with Crippen molar-refractivity contribution in [3.05, 3.63) is 29.3 Å². The molecule has 1 aromatic carbocycles. The summed E-state index contributed by atoms with van der Waals surface area (Å²) in [6.45, 7) is 0.674. The number of fused-ring (bicyclic) bond motifs is 1. The fourth-order valence-corrected chi connectivity index (χ4v) is 2.10. The van der Waals surface area contributed by atoms with Crippen molar-refractivity contribution in [2.45, 2.75) is 12.8 Å². The molecule has 1 aliphatic rings. The number of carboxylic acids is 1. The van der Waals surface area contributed by atoms with Crippen LogP contribution in [0.3, 0.4) is 0 Å². The van der Waals surface area contributed by atoms with Crippen molar-refractivity contribution >= 4 is 17.6 Å². The lowest BCUT2D eigenvalue weighted by molar-refractivity contribution is -0.137. The van der Waals surface area contributed by atoms with E-state index in [1.54, 1.807) is 6.07 Å². The molecule has 1 aromatic rings. The Labute approximate surface area is 105 Å². The van der Waals surface area contributed by atoms with Gasteiger partial charge in [0.25, 0.3) is 5.91 Å². The van der Waals surface area contributed by atoms with Gasteiger partial charge in [-0.2, -0.15) is 0 Å². The number of carboxylic acid groups (broad SMARTS) is 1. The van der Waals surface area contributed by atoms with E-state index in [0.717, 1.165) is 30.6 Å². The zero-order valence-corrected chi connectivity index (χ0v) is 10.3. The molecule has 2 rings (SSSR count). The zero-order valence-electron chi connectivity index (χ0n) is 10.3. The first-order valence-corrected chi connectivity index (χ1v) is 5.92. The lowest BCUT2D eigenvalue weighted by Crippen LogP contribution is -2.32. The largest absolute Gasteiger partial charge is 0.480 e. The molecule has 0 aromatic heterocycles. The Hall–Kier alpha value is -2.04. The van der Waals surface area contributed by atoms with Crippen LogP contribution in [0.25, 0.3) is 0 Å². The van der Waals surface area contributed by atoms with E-state index in [4.69, 9.17) is 5.11 Å². The molecule has 18 heavy (non-hydrogen) atoms. The number of rotatable bonds is 3. The number of aliphatic carboxylic acids is 1. The van der Waals surface area contributed by atoms with Crippen molar-refractivity contribution in [2.24, 2.45) is 0 Å². The first-order chi connectivity index (χ1) is 8.58. The normalized spacial score (nSPS) is 13.4. The minimum Gasteiger partial charge on any atom is -0.480 e. The molecular formula is C13H16N2O3. The molecule has 0 aliphatic carbocycles. The molecule has 0 saturated heterocycles. The summed E-state index contributed by atoms with van der Waals surface area (Å²) in [6, 6.07) is 5.47. The number of nitrogens with zero attached hydrogens (tertiary/aromatic N) is 1. The second-order valence-corrected chi connectivity index (χ2v) is 4.46. The van der Waals surface area contributed by atoms with Crippen LogP contribution in [0.5, 0.6) is 0 Å². The summed E-state index contributed by atoms with van der Waals surface area (Å²) < 4.78 is 0. The molecule has 1 aliphatic heterocycles. The van der Waals surface area contributed by atoms with Crippen LogP contribution < -0.4 is 5.32 Å². The highest BCUT2D eigenvalue weighted by Gasteiger charge is 2.16. The third kappa shape index (κ3) is 2.61. The Kier molecular flexibility index (Phi) is 3.50. The van der Waals surface area contributed by atoms with Gasteiger partial charge in [-0.15, -0.1) is 0 Å². The molecule has 1 amide bonds. The molecule has 2 N–H and O–H groups in total. The second-order valence-electron chi connectivity index (χ2n) is 4.46. The fraction of sp³-hybridized carbons (Fsp3) is 0.385. The van der Waals surface area contributed by atoms with E-state index in [0.29, 0.717) is 5.56 Å². The molecule has 0 unspecified atom stereocenters. The van der Waals surface area contributed by atoms with Gasteiger partial charge in [0.2, 0.25) is 0 Å². The van der Waals surface area contributed by atoms with Gasteiger partial charge in [-0.3, -0.25) is 9.59 Å². The number of aryl methyl sites for hydroxylation is 1. The first-order valence-electron chi connectivity index (χ1n) is 5.92. The summed E-state index contributed by atoms with van der Waals surface area (Å²) in [5, 5.41) is 11.9. The van der Waals surface area contributed by atoms with E-state index in [2.05, 4.69) is 5.32 Å². The van der Waals surface area contributed by atoms with Crippen LogP contribution in [0.2, 0.25) is 0 Å². The Morgan fingerprint density at radius 3 is 2.94 bits per heavy atom. The summed E-state index contributed by atoms with van der Waals surface area (Å²) in [4.78, 5) is 23.8. The van der Waals surface area contributed by atoms with Gasteiger partial charge in [-0.25, -0.2) is 0 Å². The topological polar surface area (TPSA) is 69.6 Å². The van der Waals surface area contributed by atoms with E-state index in [9.17, 15) is 9.59 Å². The number of nitrogens with one attached hydrogen (secondary N) is 1. The molecule has 0 saturated carbocycles. The summed E-state index contributed by atoms with van der Waals surface area (Å²) in [5.41, 5.74) is 2.73. The average Bonchev–Trinajstić information content (AvgIpc) is 2.36. The molecule has 96 valence electrons. The maximum atomic E-state index is 12.0. The van der Waals surface area contributed by atoms with Crippen LogP contribution in [-0.2, 0) is 11.2 Å². The van der Waals surface area contributed by atoms with E-state index in [-0.39, 0.29) is 12.5 Å². The summed E-state index contributed by atoms with van der Waals surface area (Å²) in [6.07, 6.45) is 2.00. The summed E-state index contributed by atoms with van der Waals surface area (Å²) >= 11 is 0. The molecule has 5 nitrogen and oxygen atoms in total. The lowest BCUT2D eigenvalue weighted by atomic mass is 10.0. The van der Waals surface area contributed by atoms with Gasteiger partial charge in [0.05, 0.1) is 0 Å². The van der Waals surface area contributed by atoms with Crippen LogP contribution in [0.4, 0.5) is 5.69 Å². The number of anilines is 1. The van der Waals surface area contributed by atoms with Gasteiger partial charge in [0, 0.05) is 24.8 Å². The maximum Gasteiger partial charge on any atom is 0.323 e. The van der Waals surface area contributed by atoms with Crippen LogP contribution in [0.1, 0.15) is 22.3 Å². The van der Waals surface area contributed by atoms with E-state index in [1.165, 1.54) is 11.9 Å². The van der Waals surface area contributed by atoms with Crippen molar-refractivity contribution in [1.29, 1.82) is 0 Å². The van der Waals surface area contributed by atoms with E-state index in [1.807, 2.05) is 12.1 Å². The predicted octanol–water partition coefficient (Wildman–Crippen LogP) is 1.20. The number of likely N-dealkylation sites (N-methyl/N-ethyl adjacent to an activating group) is 1. The molecule has 0 spiro atoms. The monoisotopic (exact) mass is 248 g/mol. The molecule has 1 heterocycles. The lowest BCUT2D eigenvalue weighted by Gasteiger charge is -2.20. The van der Waals surface area contributed by atoms with Crippen LogP contribution >= 0.6 is 0 Å². The van der Waals surface area contributed by atoms with Gasteiger partial charge in [-0.1, -0.05) is 0 Å². The van der Waals surface area contributed by atoms with Gasteiger partial charge >= 0.3 is 5.97 Å². The van der Waals surface area contributed by atoms with Crippen molar-refractivity contribution in [1.82, 2.24) is 4.90 Å². The third-order valence-electron chi connectivity index (χ3n) is 3.01. The van der Waals surface area contributed by atoms with Crippen LogP contribution in [0, 0.1) is 0 Å². The Morgan fingerprint density at radius 2 is 2.22 bits per heavy atom. The van der Waals surface area contributed by atoms with E-state index < -0.39 is 5.97 Å². The molecular weight excluding hydrogens is 232 g/mol. The maximum absolute atomic E-state index is 12.0. The Bertz CT molecular complexity index is 485. The Balaban J connectivity index is 2.18. The van der Waals surface area contributed by atoms with Crippen molar-refractivity contribution in [2.75, 3.05) is 25.5 Å². The SMILES string of the molecule is CN(CC(=O)O)C(=O)c1ccc2c(c1)CCCN2. The highest BCUT2D eigenvalue weighted by atomic mass is 16.4. The quantitative estimate of drug-likeness (QED) is 0.843. The second kappa shape index (κ2) is 5.08. The minimum absolute atomic E-state index is 0.259. The summed E-state index contributed by atoms with van der Waals surface area (Å²) in [5.74, 6) is -1.27. The number of benzene rings is 1. The third-order valence-corrected chi connectivity index (χ3v) is 3.01.